The van der Waals surface area contributed by atoms with E-state index in [9.17, 15) is 20.1 Å². The molecule has 1 amide bonds. The normalized spacial score (nSPS) is 13.8. The molecule has 0 aliphatic carbocycles. The third-order valence-corrected chi connectivity index (χ3v) is 10.0. The van der Waals surface area contributed by atoms with Gasteiger partial charge in [-0.1, -0.05) is 199 Å². The molecule has 4 N–H and O–H groups in total. The van der Waals surface area contributed by atoms with Crippen molar-refractivity contribution in [2.24, 2.45) is 0 Å². The number of unbranched alkanes of at least 4 members (excludes halogenated alkanes) is 26. The van der Waals surface area contributed by atoms with Gasteiger partial charge in [-0.05, 0) is 44.9 Å². The maximum Gasteiger partial charge on any atom is 0.222 e. The zero-order valence-corrected chi connectivity index (χ0v) is 32.8. The van der Waals surface area contributed by atoms with Crippen molar-refractivity contribution >= 4 is 5.91 Å². The van der Waals surface area contributed by atoms with Gasteiger partial charge in [-0.2, -0.15) is 0 Å². The highest BCUT2D eigenvalue weighted by molar-refractivity contribution is 5.76. The maximum atomic E-state index is 12.4. The second-order valence-corrected chi connectivity index (χ2v) is 15.0. The molecule has 0 aliphatic rings. The first-order chi connectivity index (χ1) is 24.0. The lowest BCUT2D eigenvalue weighted by Crippen LogP contribution is -2.46. The van der Waals surface area contributed by atoms with Crippen LogP contribution in [0.25, 0.3) is 0 Å². The summed E-state index contributed by atoms with van der Waals surface area (Å²) in [5.74, 6) is -0.291. The molecule has 0 aromatic rings. The molecule has 0 saturated carbocycles. The molecule has 3 atom stereocenters. The Bertz CT molecular complexity index is 724. The minimum Gasteiger partial charge on any atom is -0.394 e. The van der Waals surface area contributed by atoms with E-state index in [1.165, 1.54) is 148 Å². The van der Waals surface area contributed by atoms with Crippen molar-refractivity contribution in [1.29, 1.82) is 0 Å². The minimum absolute atomic E-state index is 0.0282. The minimum atomic E-state index is -0.750. The van der Waals surface area contributed by atoms with Crippen molar-refractivity contribution in [1.82, 2.24) is 5.32 Å². The zero-order chi connectivity index (χ0) is 35.9. The summed E-state index contributed by atoms with van der Waals surface area (Å²) in [6, 6.07) is -0.661. The van der Waals surface area contributed by atoms with Crippen LogP contribution in [0.1, 0.15) is 226 Å². The molecule has 0 rings (SSSR count). The van der Waals surface area contributed by atoms with E-state index < -0.39 is 18.2 Å². The van der Waals surface area contributed by atoms with Gasteiger partial charge in [0.05, 0.1) is 31.3 Å². The molecule has 5 nitrogen and oxygen atoms in total. The molecular formula is C44H85NO4. The highest BCUT2D eigenvalue weighted by atomic mass is 16.3. The number of aliphatic hydroxyl groups excluding tert-OH is 3. The number of amides is 1. The Morgan fingerprint density at radius 3 is 1.29 bits per heavy atom. The summed E-state index contributed by atoms with van der Waals surface area (Å²) < 4.78 is 0. The van der Waals surface area contributed by atoms with Crippen LogP contribution in [0.3, 0.4) is 0 Å². The first kappa shape index (κ1) is 47.8. The molecule has 0 fully saturated rings. The lowest BCUT2D eigenvalue weighted by molar-refractivity contribution is -0.125. The number of carbonyl (C=O) groups excluding carboxylic acids is 1. The molecular weight excluding hydrogens is 606 g/mol. The number of hydrogen-bond acceptors (Lipinski definition) is 4. The number of allylic oxidation sites excluding steroid dienone is 4. The van der Waals surface area contributed by atoms with Crippen LogP contribution >= 0.6 is 0 Å². The van der Waals surface area contributed by atoms with Gasteiger partial charge in [-0.3, -0.25) is 4.79 Å². The van der Waals surface area contributed by atoms with E-state index in [-0.39, 0.29) is 18.9 Å². The van der Waals surface area contributed by atoms with Crippen molar-refractivity contribution in [3.8, 4) is 0 Å². The molecule has 3 unspecified atom stereocenters. The van der Waals surface area contributed by atoms with Gasteiger partial charge in [0.1, 0.15) is 0 Å². The molecule has 0 spiro atoms. The molecule has 0 aromatic carbocycles. The summed E-state index contributed by atoms with van der Waals surface area (Å²) in [4.78, 5) is 12.4. The fourth-order valence-electron chi connectivity index (χ4n) is 6.67. The summed E-state index contributed by atoms with van der Waals surface area (Å²) in [5, 5.41) is 33.3. The van der Waals surface area contributed by atoms with E-state index >= 15 is 0 Å². The van der Waals surface area contributed by atoms with Crippen LogP contribution < -0.4 is 5.32 Å². The lowest BCUT2D eigenvalue weighted by Gasteiger charge is -2.23. The fraction of sp³-hybridized carbons (Fsp3) is 0.886. The third-order valence-electron chi connectivity index (χ3n) is 10.0. The largest absolute Gasteiger partial charge is 0.394 e. The van der Waals surface area contributed by atoms with E-state index in [0.717, 1.165) is 44.9 Å². The first-order valence-corrected chi connectivity index (χ1v) is 21.6. The van der Waals surface area contributed by atoms with Crippen molar-refractivity contribution in [2.45, 2.75) is 244 Å². The van der Waals surface area contributed by atoms with Crippen molar-refractivity contribution in [2.75, 3.05) is 6.61 Å². The molecule has 5 heteroatoms. The van der Waals surface area contributed by atoms with Crippen LogP contribution in [0.2, 0.25) is 0 Å². The summed E-state index contributed by atoms with van der Waals surface area (Å²) >= 11 is 0. The van der Waals surface area contributed by atoms with E-state index in [4.69, 9.17) is 0 Å². The molecule has 49 heavy (non-hydrogen) atoms. The average Bonchev–Trinajstić information content (AvgIpc) is 3.09. The number of hydrogen-bond donors (Lipinski definition) is 4. The molecule has 0 heterocycles. The smallest absolute Gasteiger partial charge is 0.222 e. The molecule has 290 valence electrons. The standard InChI is InChI=1S/C44H85NO4/c1-3-5-7-9-11-13-15-17-18-19-20-21-22-23-24-26-27-29-31-33-35-37-41(47)39-44(49)45-42(40-46)43(48)38-36-34-32-30-28-25-16-14-12-10-8-6-4-2/h20-21,23-24,41-43,46-48H,3-19,22,25-40H2,1-2H3,(H,45,49)/b21-20-,24-23-. The van der Waals surface area contributed by atoms with E-state index in [1.54, 1.807) is 0 Å². The van der Waals surface area contributed by atoms with Crippen LogP contribution in [-0.2, 0) is 4.79 Å². The van der Waals surface area contributed by atoms with Gasteiger partial charge in [0.25, 0.3) is 0 Å². The van der Waals surface area contributed by atoms with Crippen molar-refractivity contribution < 1.29 is 20.1 Å². The van der Waals surface area contributed by atoms with Gasteiger partial charge in [-0.15, -0.1) is 0 Å². The molecule has 0 bridgehead atoms. The monoisotopic (exact) mass is 692 g/mol. The second kappa shape index (κ2) is 39.6. The Hall–Kier alpha value is -1.17. The van der Waals surface area contributed by atoms with Crippen LogP contribution in [0.4, 0.5) is 0 Å². The van der Waals surface area contributed by atoms with E-state index in [1.807, 2.05) is 0 Å². The topological polar surface area (TPSA) is 89.8 Å². The SMILES string of the molecule is CCCCCCCCCCC/C=C\C/C=C\CCCCCCCC(O)CC(=O)NC(CO)C(O)CCCCCCCCCCCCCCC. The van der Waals surface area contributed by atoms with Crippen LogP contribution in [-0.4, -0.2) is 46.1 Å². The van der Waals surface area contributed by atoms with Gasteiger partial charge in [0, 0.05) is 0 Å². The van der Waals surface area contributed by atoms with Gasteiger partial charge >= 0.3 is 0 Å². The Morgan fingerprint density at radius 2 is 0.878 bits per heavy atom. The highest BCUT2D eigenvalue weighted by Crippen LogP contribution is 2.15. The van der Waals surface area contributed by atoms with Gasteiger partial charge in [0.2, 0.25) is 5.91 Å². The summed E-state index contributed by atoms with van der Waals surface area (Å²) in [5.41, 5.74) is 0. The predicted octanol–water partition coefficient (Wildman–Crippen LogP) is 12.2. The number of rotatable bonds is 39. The maximum absolute atomic E-state index is 12.4. The Morgan fingerprint density at radius 1 is 0.510 bits per heavy atom. The van der Waals surface area contributed by atoms with E-state index in [0.29, 0.717) is 12.8 Å². The van der Waals surface area contributed by atoms with Crippen LogP contribution in [0, 0.1) is 0 Å². The number of aliphatic hydroxyl groups is 3. The summed E-state index contributed by atoms with van der Waals surface area (Å²) in [6.07, 6.45) is 47.1. The molecule has 0 radical (unpaired) electrons. The Balaban J connectivity index is 3.65. The average molecular weight is 692 g/mol. The molecule has 0 aliphatic heterocycles. The first-order valence-electron chi connectivity index (χ1n) is 21.6. The van der Waals surface area contributed by atoms with Crippen molar-refractivity contribution in [3.63, 3.8) is 0 Å². The third kappa shape index (κ3) is 36.4. The number of carbonyl (C=O) groups is 1. The lowest BCUT2D eigenvalue weighted by atomic mass is 10.0. The molecule has 0 saturated heterocycles. The molecule has 0 aromatic heterocycles. The van der Waals surface area contributed by atoms with E-state index in [2.05, 4.69) is 43.5 Å². The summed E-state index contributed by atoms with van der Waals surface area (Å²) in [6.45, 7) is 4.26. The predicted molar refractivity (Wildman–Crippen MR) is 213 cm³/mol. The van der Waals surface area contributed by atoms with Gasteiger partial charge < -0.3 is 20.6 Å². The van der Waals surface area contributed by atoms with Gasteiger partial charge in [-0.25, -0.2) is 0 Å². The Labute approximate surface area is 305 Å². The van der Waals surface area contributed by atoms with Gasteiger partial charge in [0.15, 0.2) is 0 Å². The second-order valence-electron chi connectivity index (χ2n) is 15.0. The Kier molecular flexibility index (Phi) is 38.7. The van der Waals surface area contributed by atoms with Crippen molar-refractivity contribution in [3.05, 3.63) is 24.3 Å². The zero-order valence-electron chi connectivity index (χ0n) is 32.8. The number of nitrogens with one attached hydrogen (secondary N) is 1. The van der Waals surface area contributed by atoms with Crippen LogP contribution in [0.15, 0.2) is 24.3 Å². The summed E-state index contributed by atoms with van der Waals surface area (Å²) in [7, 11) is 0. The van der Waals surface area contributed by atoms with Crippen LogP contribution in [0.5, 0.6) is 0 Å². The fourth-order valence-corrected chi connectivity index (χ4v) is 6.67. The highest BCUT2D eigenvalue weighted by Gasteiger charge is 2.21. The quantitative estimate of drug-likeness (QED) is 0.0381.